The van der Waals surface area contributed by atoms with E-state index in [0.717, 1.165) is 0 Å². The van der Waals surface area contributed by atoms with Crippen LogP contribution >= 0.6 is 21.6 Å². The molecule has 0 unspecified atom stereocenters. The second-order valence-electron chi connectivity index (χ2n) is 7.05. The molecule has 0 N–H and O–H groups in total. The van der Waals surface area contributed by atoms with Crippen molar-refractivity contribution in [3.63, 3.8) is 0 Å². The summed E-state index contributed by atoms with van der Waals surface area (Å²) in [5.74, 6) is 0. The fraction of sp³-hybridized carbons (Fsp3) is 0.400. The van der Waals surface area contributed by atoms with E-state index in [1.54, 1.807) is 0 Å². The van der Waals surface area contributed by atoms with Crippen LogP contribution in [-0.4, -0.2) is 56.4 Å². The molecule has 26 heavy (non-hydrogen) atoms. The summed E-state index contributed by atoms with van der Waals surface area (Å²) in [6.07, 6.45) is 0. The lowest BCUT2D eigenvalue weighted by molar-refractivity contribution is 1.08. The smallest absolute Gasteiger partial charge is 0.0509 e. The molecule has 6 heteroatoms. The molecule has 142 valence electrons. The van der Waals surface area contributed by atoms with Gasteiger partial charge < -0.3 is 19.6 Å². The molecular weight excluding hydrogens is 360 g/mol. The van der Waals surface area contributed by atoms with Crippen LogP contribution in [-0.2, 0) is 0 Å². The van der Waals surface area contributed by atoms with Crippen LogP contribution in [0.5, 0.6) is 0 Å². The highest BCUT2D eigenvalue weighted by atomic mass is 33.1. The molecule has 2 rings (SSSR count). The molecule has 0 saturated heterocycles. The molecule has 0 saturated carbocycles. The first-order chi connectivity index (χ1) is 12.2. The van der Waals surface area contributed by atoms with E-state index < -0.39 is 0 Å². The zero-order chi connectivity index (χ0) is 19.4. The SMILES string of the molecule is CN(C)c1ccc(N(C)C)c(SSc2cc(N(C)C)ccc2N(C)C)c1. The third-order valence-corrected chi connectivity index (χ3v) is 6.53. The van der Waals surface area contributed by atoms with Gasteiger partial charge in [-0.1, -0.05) is 21.6 Å². The monoisotopic (exact) mass is 390 g/mol. The van der Waals surface area contributed by atoms with E-state index >= 15 is 0 Å². The first-order valence-electron chi connectivity index (χ1n) is 8.52. The highest BCUT2D eigenvalue weighted by molar-refractivity contribution is 8.76. The lowest BCUT2D eigenvalue weighted by Gasteiger charge is -2.22. The standard InChI is InChI=1S/C20H30N4S2/c1-21(2)15-9-11-17(23(5)6)19(13-15)25-26-20-14-16(22(3)4)10-12-18(20)24(7)8/h9-14H,1-8H3. The summed E-state index contributed by atoms with van der Waals surface area (Å²) in [5, 5.41) is 0. The van der Waals surface area contributed by atoms with E-state index in [1.807, 2.05) is 21.6 Å². The Bertz CT molecular complexity index is 679. The van der Waals surface area contributed by atoms with Crippen LogP contribution in [0, 0.1) is 0 Å². The summed E-state index contributed by atoms with van der Waals surface area (Å²) in [6.45, 7) is 0. The van der Waals surface area contributed by atoms with Crippen LogP contribution < -0.4 is 19.6 Å². The average Bonchev–Trinajstić information content (AvgIpc) is 2.58. The number of hydrogen-bond acceptors (Lipinski definition) is 6. The lowest BCUT2D eigenvalue weighted by atomic mass is 10.2. The van der Waals surface area contributed by atoms with Crippen LogP contribution in [0.4, 0.5) is 22.7 Å². The number of benzene rings is 2. The van der Waals surface area contributed by atoms with Gasteiger partial charge in [0.2, 0.25) is 0 Å². The molecular formula is C20H30N4S2. The summed E-state index contributed by atoms with van der Waals surface area (Å²) in [4.78, 5) is 11.2. The second kappa shape index (κ2) is 8.82. The summed E-state index contributed by atoms with van der Waals surface area (Å²) in [7, 11) is 20.3. The van der Waals surface area contributed by atoms with Crippen molar-refractivity contribution >= 4 is 44.3 Å². The maximum atomic E-state index is 2.26. The molecule has 0 radical (unpaired) electrons. The van der Waals surface area contributed by atoms with E-state index in [-0.39, 0.29) is 0 Å². The van der Waals surface area contributed by atoms with Crippen LogP contribution in [0.3, 0.4) is 0 Å². The lowest BCUT2D eigenvalue weighted by Crippen LogP contribution is -2.13. The van der Waals surface area contributed by atoms with Crippen molar-refractivity contribution in [2.24, 2.45) is 0 Å². The largest absolute Gasteiger partial charge is 0.378 e. The van der Waals surface area contributed by atoms with Gasteiger partial charge in [0.25, 0.3) is 0 Å². The third-order valence-electron chi connectivity index (χ3n) is 4.10. The molecule has 0 fully saturated rings. The van der Waals surface area contributed by atoms with Gasteiger partial charge >= 0.3 is 0 Å². The maximum absolute atomic E-state index is 2.26. The molecule has 0 amide bonds. The Morgan fingerprint density at radius 1 is 0.500 bits per heavy atom. The van der Waals surface area contributed by atoms with Gasteiger partial charge in [0.1, 0.15) is 0 Å². The third kappa shape index (κ3) is 4.95. The molecule has 2 aromatic carbocycles. The molecule has 0 heterocycles. The first-order valence-corrected chi connectivity index (χ1v) is 10.7. The molecule has 4 nitrogen and oxygen atoms in total. The second-order valence-corrected chi connectivity index (χ2v) is 9.26. The Hall–Kier alpha value is -1.66. The molecule has 0 aliphatic heterocycles. The van der Waals surface area contributed by atoms with Crippen molar-refractivity contribution in [2.45, 2.75) is 9.79 Å². The quantitative estimate of drug-likeness (QED) is 0.628. The van der Waals surface area contributed by atoms with Crippen molar-refractivity contribution < 1.29 is 0 Å². The normalized spacial score (nSPS) is 10.6. The van der Waals surface area contributed by atoms with Gasteiger partial charge in [-0.05, 0) is 36.4 Å². The molecule has 0 bridgehead atoms. The minimum absolute atomic E-state index is 1.22. The molecule has 0 atom stereocenters. The molecule has 0 spiro atoms. The maximum Gasteiger partial charge on any atom is 0.0509 e. The van der Waals surface area contributed by atoms with E-state index in [4.69, 9.17) is 0 Å². The molecule has 0 aliphatic carbocycles. The van der Waals surface area contributed by atoms with Crippen molar-refractivity contribution in [1.82, 2.24) is 0 Å². The van der Waals surface area contributed by atoms with Crippen LogP contribution in [0.25, 0.3) is 0 Å². The summed E-state index contributed by atoms with van der Waals surface area (Å²) in [5.41, 5.74) is 4.91. The fourth-order valence-corrected chi connectivity index (χ4v) is 5.05. The van der Waals surface area contributed by atoms with Gasteiger partial charge in [-0.25, -0.2) is 0 Å². The Kier molecular flexibility index (Phi) is 7.01. The van der Waals surface area contributed by atoms with Crippen LogP contribution in [0.1, 0.15) is 0 Å². The van der Waals surface area contributed by atoms with Crippen molar-refractivity contribution in [2.75, 3.05) is 76.0 Å². The topological polar surface area (TPSA) is 13.0 Å². The zero-order valence-electron chi connectivity index (χ0n) is 17.1. The predicted octanol–water partition coefficient (Wildman–Crippen LogP) is 4.75. The Morgan fingerprint density at radius 3 is 1.12 bits per heavy atom. The van der Waals surface area contributed by atoms with Crippen LogP contribution in [0.2, 0.25) is 0 Å². The number of nitrogens with zero attached hydrogens (tertiary/aromatic N) is 4. The highest BCUT2D eigenvalue weighted by Gasteiger charge is 2.13. The van der Waals surface area contributed by atoms with Gasteiger partial charge in [0.15, 0.2) is 0 Å². The van der Waals surface area contributed by atoms with Crippen molar-refractivity contribution in [1.29, 1.82) is 0 Å². The van der Waals surface area contributed by atoms with Gasteiger partial charge in [-0.3, -0.25) is 0 Å². The summed E-state index contributed by atoms with van der Waals surface area (Å²) >= 11 is 0. The average molecular weight is 391 g/mol. The highest BCUT2D eigenvalue weighted by Crippen LogP contribution is 2.46. The van der Waals surface area contributed by atoms with E-state index in [2.05, 4.69) is 112 Å². The summed E-state index contributed by atoms with van der Waals surface area (Å²) in [6, 6.07) is 13.3. The van der Waals surface area contributed by atoms with Gasteiger partial charge in [0, 0.05) is 77.5 Å². The van der Waals surface area contributed by atoms with E-state index in [1.165, 1.54) is 32.5 Å². The first kappa shape index (κ1) is 20.6. The van der Waals surface area contributed by atoms with Gasteiger partial charge in [0.05, 0.1) is 11.4 Å². The Labute approximate surface area is 166 Å². The van der Waals surface area contributed by atoms with Crippen LogP contribution in [0.15, 0.2) is 46.2 Å². The predicted molar refractivity (Wildman–Crippen MR) is 122 cm³/mol. The number of rotatable bonds is 7. The molecule has 2 aromatic rings. The minimum Gasteiger partial charge on any atom is -0.378 e. The van der Waals surface area contributed by atoms with Gasteiger partial charge in [-0.2, -0.15) is 0 Å². The molecule has 0 aromatic heterocycles. The minimum atomic E-state index is 1.22. The van der Waals surface area contributed by atoms with Crippen molar-refractivity contribution in [3.8, 4) is 0 Å². The van der Waals surface area contributed by atoms with E-state index in [9.17, 15) is 0 Å². The van der Waals surface area contributed by atoms with Gasteiger partial charge in [-0.15, -0.1) is 0 Å². The fourth-order valence-electron chi connectivity index (χ4n) is 2.52. The van der Waals surface area contributed by atoms with Crippen molar-refractivity contribution in [3.05, 3.63) is 36.4 Å². The summed E-state index contributed by atoms with van der Waals surface area (Å²) < 4.78 is 0. The van der Waals surface area contributed by atoms with E-state index in [0.29, 0.717) is 0 Å². The number of anilines is 4. The Morgan fingerprint density at radius 2 is 0.846 bits per heavy atom. The Balaban J connectivity index is 2.35. The number of hydrogen-bond donors (Lipinski definition) is 0. The zero-order valence-corrected chi connectivity index (χ0v) is 18.7. The molecule has 0 aliphatic rings.